The van der Waals surface area contributed by atoms with Crippen LogP contribution in [0, 0.1) is 0 Å². The fourth-order valence-electron chi connectivity index (χ4n) is 2.52. The summed E-state index contributed by atoms with van der Waals surface area (Å²) in [5.74, 6) is 0.131. The highest BCUT2D eigenvalue weighted by atomic mass is 16.3. The molecule has 0 aliphatic rings. The molecule has 23 heavy (non-hydrogen) atoms. The van der Waals surface area contributed by atoms with Crippen LogP contribution in [0.5, 0.6) is 11.5 Å². The van der Waals surface area contributed by atoms with Crippen molar-refractivity contribution in [3.8, 4) is 22.6 Å². The summed E-state index contributed by atoms with van der Waals surface area (Å²) in [4.78, 5) is 12.6. The lowest BCUT2D eigenvalue weighted by Crippen LogP contribution is -2.05. The van der Waals surface area contributed by atoms with E-state index in [1.807, 2.05) is 0 Å². The number of aromatic hydroxyl groups is 2. The van der Waals surface area contributed by atoms with Crippen molar-refractivity contribution in [3.63, 3.8) is 0 Å². The lowest BCUT2D eigenvalue weighted by molar-refractivity contribution is 0.288. The Morgan fingerprint density at radius 3 is 2.48 bits per heavy atom. The molecule has 118 valence electrons. The van der Waals surface area contributed by atoms with Gasteiger partial charge in [-0.25, -0.2) is 0 Å². The van der Waals surface area contributed by atoms with E-state index in [9.17, 15) is 15.0 Å². The number of benzene rings is 2. The maximum absolute atomic E-state index is 12.6. The van der Waals surface area contributed by atoms with Crippen LogP contribution in [0.1, 0.15) is 12.0 Å². The molecule has 3 rings (SSSR count). The van der Waals surface area contributed by atoms with Crippen molar-refractivity contribution in [2.45, 2.75) is 12.8 Å². The number of rotatable bonds is 4. The predicted molar refractivity (Wildman–Crippen MR) is 86.7 cm³/mol. The summed E-state index contributed by atoms with van der Waals surface area (Å²) >= 11 is 0. The quantitative estimate of drug-likeness (QED) is 0.689. The van der Waals surface area contributed by atoms with E-state index < -0.39 is 0 Å². The summed E-state index contributed by atoms with van der Waals surface area (Å²) in [7, 11) is 0. The molecule has 3 aromatic rings. The average molecular weight is 312 g/mol. The van der Waals surface area contributed by atoms with Gasteiger partial charge in [-0.1, -0.05) is 12.1 Å². The van der Waals surface area contributed by atoms with E-state index in [1.54, 1.807) is 18.2 Å². The third kappa shape index (κ3) is 2.91. The van der Waals surface area contributed by atoms with Crippen LogP contribution >= 0.6 is 0 Å². The van der Waals surface area contributed by atoms with Gasteiger partial charge in [0, 0.05) is 6.61 Å². The van der Waals surface area contributed by atoms with Gasteiger partial charge in [0.2, 0.25) is 5.43 Å². The van der Waals surface area contributed by atoms with Crippen LogP contribution in [0.15, 0.2) is 51.9 Å². The van der Waals surface area contributed by atoms with Crippen molar-refractivity contribution in [1.29, 1.82) is 0 Å². The van der Waals surface area contributed by atoms with Gasteiger partial charge in [0.05, 0.1) is 10.9 Å². The van der Waals surface area contributed by atoms with Crippen molar-refractivity contribution in [2.75, 3.05) is 6.61 Å². The number of aliphatic hydroxyl groups is 1. The first-order valence-electron chi connectivity index (χ1n) is 7.28. The molecule has 0 aliphatic carbocycles. The molecule has 1 heterocycles. The van der Waals surface area contributed by atoms with Crippen molar-refractivity contribution < 1.29 is 19.7 Å². The van der Waals surface area contributed by atoms with Gasteiger partial charge in [0.25, 0.3) is 0 Å². The van der Waals surface area contributed by atoms with E-state index in [4.69, 9.17) is 9.52 Å². The van der Waals surface area contributed by atoms with Crippen LogP contribution in [0.25, 0.3) is 22.1 Å². The fourth-order valence-corrected chi connectivity index (χ4v) is 2.52. The Hall–Kier alpha value is -2.79. The first-order chi connectivity index (χ1) is 11.1. The molecule has 0 saturated carbocycles. The Kier molecular flexibility index (Phi) is 4.04. The smallest absolute Gasteiger partial charge is 0.200 e. The van der Waals surface area contributed by atoms with Gasteiger partial charge in [0.1, 0.15) is 23.3 Å². The van der Waals surface area contributed by atoms with E-state index >= 15 is 0 Å². The highest BCUT2D eigenvalue weighted by molar-refractivity contribution is 5.83. The fraction of sp³-hybridized carbons (Fsp3) is 0.167. The number of hydrogen-bond donors (Lipinski definition) is 3. The molecule has 0 aliphatic heterocycles. The minimum Gasteiger partial charge on any atom is -0.508 e. The van der Waals surface area contributed by atoms with Crippen LogP contribution in [0.4, 0.5) is 0 Å². The van der Waals surface area contributed by atoms with Gasteiger partial charge >= 0.3 is 0 Å². The zero-order valence-corrected chi connectivity index (χ0v) is 12.3. The molecule has 3 N–H and O–H groups in total. The number of phenols is 2. The maximum atomic E-state index is 12.6. The van der Waals surface area contributed by atoms with Crippen molar-refractivity contribution >= 4 is 11.0 Å². The summed E-state index contributed by atoms with van der Waals surface area (Å²) in [6, 6.07) is 9.27. The second kappa shape index (κ2) is 6.14. The number of phenolic OH excluding ortho intramolecular Hbond substituents is 2. The van der Waals surface area contributed by atoms with Gasteiger partial charge in [-0.15, -0.1) is 0 Å². The van der Waals surface area contributed by atoms with E-state index in [2.05, 4.69) is 0 Å². The molecule has 0 saturated heterocycles. The molecule has 1 aromatic heterocycles. The lowest BCUT2D eigenvalue weighted by Gasteiger charge is -2.07. The van der Waals surface area contributed by atoms with Crippen LogP contribution < -0.4 is 5.43 Å². The molecule has 5 nitrogen and oxygen atoms in total. The minimum absolute atomic E-state index is 0.0149. The van der Waals surface area contributed by atoms with Gasteiger partial charge in [-0.05, 0) is 48.2 Å². The van der Waals surface area contributed by atoms with Gasteiger partial charge < -0.3 is 19.7 Å². The third-order valence-electron chi connectivity index (χ3n) is 3.76. The Labute approximate surface area is 132 Å². The Morgan fingerprint density at radius 1 is 1.04 bits per heavy atom. The number of fused-ring (bicyclic) bond motifs is 1. The second-order valence-corrected chi connectivity index (χ2v) is 5.33. The maximum Gasteiger partial charge on any atom is 0.200 e. The Balaban J connectivity index is 2.12. The van der Waals surface area contributed by atoms with Crippen molar-refractivity contribution in [1.82, 2.24) is 0 Å². The zero-order chi connectivity index (χ0) is 16.4. The molecule has 5 heteroatoms. The third-order valence-corrected chi connectivity index (χ3v) is 3.76. The molecule has 0 unspecified atom stereocenters. The molecule has 0 bridgehead atoms. The zero-order valence-electron chi connectivity index (χ0n) is 12.3. The summed E-state index contributed by atoms with van der Waals surface area (Å²) in [6.45, 7) is 0.0290. The van der Waals surface area contributed by atoms with Crippen LogP contribution in [0.2, 0.25) is 0 Å². The molecule has 0 fully saturated rings. The van der Waals surface area contributed by atoms with E-state index in [-0.39, 0.29) is 23.5 Å². The minimum atomic E-state index is -0.249. The van der Waals surface area contributed by atoms with E-state index in [1.165, 1.54) is 24.5 Å². The van der Waals surface area contributed by atoms with Gasteiger partial charge in [-0.2, -0.15) is 0 Å². The standard InChI is InChI=1S/C18H16O5/c19-7-1-2-12-8-17-14(9-16(12)21)18(22)15(10-23-17)11-3-5-13(20)6-4-11/h3-6,8-10,19-21H,1-2,7H2. The van der Waals surface area contributed by atoms with Gasteiger partial charge in [-0.3, -0.25) is 4.79 Å². The second-order valence-electron chi connectivity index (χ2n) is 5.33. The Morgan fingerprint density at radius 2 is 1.78 bits per heavy atom. The van der Waals surface area contributed by atoms with Crippen LogP contribution in [0.3, 0.4) is 0 Å². The highest BCUT2D eigenvalue weighted by Gasteiger charge is 2.12. The summed E-state index contributed by atoms with van der Waals surface area (Å²) in [6.07, 6.45) is 2.40. The highest BCUT2D eigenvalue weighted by Crippen LogP contribution is 2.27. The summed E-state index contributed by atoms with van der Waals surface area (Å²) in [5.41, 5.74) is 1.76. The molecular formula is C18H16O5. The average Bonchev–Trinajstić information content (AvgIpc) is 2.55. The predicted octanol–water partition coefficient (Wildman–Crippen LogP) is 2.80. The molecule has 0 atom stereocenters. The topological polar surface area (TPSA) is 90.9 Å². The first-order valence-corrected chi connectivity index (χ1v) is 7.28. The normalized spacial score (nSPS) is 11.0. The lowest BCUT2D eigenvalue weighted by atomic mass is 10.0. The van der Waals surface area contributed by atoms with Crippen LogP contribution in [-0.4, -0.2) is 21.9 Å². The Bertz CT molecular complexity index is 894. The van der Waals surface area contributed by atoms with Crippen LogP contribution in [-0.2, 0) is 6.42 Å². The van der Waals surface area contributed by atoms with Crippen molar-refractivity contribution in [3.05, 3.63) is 58.4 Å². The monoisotopic (exact) mass is 312 g/mol. The molecular weight excluding hydrogens is 296 g/mol. The van der Waals surface area contributed by atoms with Gasteiger partial charge in [0.15, 0.2) is 0 Å². The largest absolute Gasteiger partial charge is 0.508 e. The van der Waals surface area contributed by atoms with E-state index in [0.717, 1.165) is 0 Å². The first kappa shape index (κ1) is 15.1. The summed E-state index contributed by atoms with van der Waals surface area (Å²) in [5, 5.41) is 28.6. The molecule has 0 radical (unpaired) electrons. The number of aryl methyl sites for hydroxylation is 1. The van der Waals surface area contributed by atoms with E-state index in [0.29, 0.717) is 40.5 Å². The number of aliphatic hydroxyl groups excluding tert-OH is 1. The number of hydrogen-bond acceptors (Lipinski definition) is 5. The summed E-state index contributed by atoms with van der Waals surface area (Å²) < 4.78 is 5.55. The molecule has 0 amide bonds. The SMILES string of the molecule is O=c1c(-c2ccc(O)cc2)coc2cc(CCCO)c(O)cc12. The molecule has 2 aromatic carbocycles. The van der Waals surface area contributed by atoms with Crippen molar-refractivity contribution in [2.24, 2.45) is 0 Å². The molecule has 0 spiro atoms.